The monoisotopic (exact) mass is 342 g/mol. The molecule has 0 aromatic heterocycles. The maximum Gasteiger partial charge on any atom is 0.223 e. The zero-order valence-corrected chi connectivity index (χ0v) is 12.0. The maximum atomic E-state index is 10.00. The molecule has 8 N–H and O–H groups in total. The standard InChI is InChI=1S/C12H22O11/c13-1-5-7(17)8(18)9(19)11(22-5)23-12(3-14)10(20)6(16)4(15)2-21-12/h4-11,13-20H,1-3H2/t4-,5-,6+,7-,8+,9-,10+,11-,12-/m1/s1. The van der Waals surface area contributed by atoms with Crippen molar-refractivity contribution in [3.63, 3.8) is 0 Å². The van der Waals surface area contributed by atoms with Crippen LogP contribution in [0.15, 0.2) is 0 Å². The maximum absolute atomic E-state index is 10.00. The molecule has 2 fully saturated rings. The molecule has 2 heterocycles. The van der Waals surface area contributed by atoms with Crippen molar-refractivity contribution >= 4 is 0 Å². The first kappa shape index (κ1) is 18.9. The predicted molar refractivity (Wildman–Crippen MR) is 68.6 cm³/mol. The quantitative estimate of drug-likeness (QED) is 0.243. The SMILES string of the molecule is OC[C@H]1O[C@H](O[C@@]2(CO)OC[C@@H](O)[C@H](O)[C@@H]2O)[C@H](O)[C@@H](O)[C@@H]1O. The number of aliphatic hydroxyl groups excluding tert-OH is 8. The minimum Gasteiger partial charge on any atom is -0.394 e. The minimum absolute atomic E-state index is 0.476. The van der Waals surface area contributed by atoms with Crippen LogP contribution < -0.4 is 0 Å². The van der Waals surface area contributed by atoms with Gasteiger partial charge in [0.15, 0.2) is 6.29 Å². The van der Waals surface area contributed by atoms with E-state index in [1.165, 1.54) is 0 Å². The summed E-state index contributed by atoms with van der Waals surface area (Å²) in [4.78, 5) is 0. The van der Waals surface area contributed by atoms with E-state index in [0.29, 0.717) is 0 Å². The van der Waals surface area contributed by atoms with Gasteiger partial charge in [-0.25, -0.2) is 0 Å². The van der Waals surface area contributed by atoms with Crippen LogP contribution in [0, 0.1) is 0 Å². The molecule has 11 nitrogen and oxygen atoms in total. The van der Waals surface area contributed by atoms with E-state index in [-0.39, 0.29) is 0 Å². The lowest BCUT2D eigenvalue weighted by Crippen LogP contribution is -2.68. The van der Waals surface area contributed by atoms with Gasteiger partial charge < -0.3 is 55.1 Å². The molecule has 0 amide bonds. The van der Waals surface area contributed by atoms with Gasteiger partial charge in [0.25, 0.3) is 0 Å². The van der Waals surface area contributed by atoms with Crippen LogP contribution in [0.2, 0.25) is 0 Å². The number of hydrogen-bond acceptors (Lipinski definition) is 11. The largest absolute Gasteiger partial charge is 0.394 e. The summed E-state index contributed by atoms with van der Waals surface area (Å²) in [5.74, 6) is -2.23. The van der Waals surface area contributed by atoms with Crippen LogP contribution in [0.25, 0.3) is 0 Å². The number of aliphatic hydroxyl groups is 8. The Hall–Kier alpha value is -0.440. The fourth-order valence-electron chi connectivity index (χ4n) is 2.52. The molecule has 0 aromatic rings. The fourth-order valence-corrected chi connectivity index (χ4v) is 2.52. The summed E-state index contributed by atoms with van der Waals surface area (Å²) in [5, 5.41) is 77.0. The topological polar surface area (TPSA) is 190 Å². The van der Waals surface area contributed by atoms with Crippen molar-refractivity contribution in [2.45, 2.75) is 54.8 Å². The molecule has 0 radical (unpaired) electrons. The summed E-state index contributed by atoms with van der Waals surface area (Å²) in [5.41, 5.74) is 0. The van der Waals surface area contributed by atoms with Gasteiger partial charge in [-0.3, -0.25) is 0 Å². The van der Waals surface area contributed by atoms with Crippen LogP contribution in [0.1, 0.15) is 0 Å². The lowest BCUT2D eigenvalue weighted by atomic mass is 9.96. The Bertz CT molecular complexity index is 393. The van der Waals surface area contributed by atoms with Crippen LogP contribution in [0.5, 0.6) is 0 Å². The van der Waals surface area contributed by atoms with Crippen LogP contribution in [0.3, 0.4) is 0 Å². The highest BCUT2D eigenvalue weighted by atomic mass is 16.8. The van der Waals surface area contributed by atoms with E-state index in [1.54, 1.807) is 0 Å². The summed E-state index contributed by atoms with van der Waals surface area (Å²) in [6.07, 6.45) is -13.0. The van der Waals surface area contributed by atoms with Crippen molar-refractivity contribution < 1.29 is 55.1 Å². The van der Waals surface area contributed by atoms with Gasteiger partial charge in [0, 0.05) is 0 Å². The molecule has 11 heteroatoms. The Kier molecular flexibility index (Phi) is 5.92. The van der Waals surface area contributed by atoms with Gasteiger partial charge in [0.1, 0.15) is 49.3 Å². The van der Waals surface area contributed by atoms with Gasteiger partial charge in [0.2, 0.25) is 5.79 Å². The Labute approximate surface area is 130 Å². The van der Waals surface area contributed by atoms with Crippen molar-refractivity contribution in [3.05, 3.63) is 0 Å². The van der Waals surface area contributed by atoms with Gasteiger partial charge in [-0.2, -0.15) is 0 Å². The first-order valence-corrected chi connectivity index (χ1v) is 7.04. The summed E-state index contributed by atoms with van der Waals surface area (Å²) in [6, 6.07) is 0. The molecular weight excluding hydrogens is 320 g/mol. The predicted octanol–water partition coefficient (Wildman–Crippen LogP) is -5.40. The van der Waals surface area contributed by atoms with E-state index in [2.05, 4.69) is 0 Å². The third kappa shape index (κ3) is 3.36. The van der Waals surface area contributed by atoms with Crippen LogP contribution in [0.4, 0.5) is 0 Å². The number of hydrogen-bond donors (Lipinski definition) is 8. The molecule has 0 saturated carbocycles. The lowest BCUT2D eigenvalue weighted by Gasteiger charge is -2.48. The summed E-state index contributed by atoms with van der Waals surface area (Å²) < 4.78 is 15.4. The third-order valence-electron chi connectivity index (χ3n) is 4.05. The molecule has 2 aliphatic heterocycles. The normalized spacial score (nSPS) is 51.7. The van der Waals surface area contributed by atoms with E-state index in [1.807, 2.05) is 0 Å². The molecule has 0 aliphatic carbocycles. The molecule has 136 valence electrons. The Balaban J connectivity index is 2.17. The average Bonchev–Trinajstić information content (AvgIpc) is 2.56. The highest BCUT2D eigenvalue weighted by Crippen LogP contribution is 2.32. The van der Waals surface area contributed by atoms with Gasteiger partial charge in [0.05, 0.1) is 13.2 Å². The Morgan fingerprint density at radius 1 is 0.913 bits per heavy atom. The molecule has 23 heavy (non-hydrogen) atoms. The van der Waals surface area contributed by atoms with Crippen molar-refractivity contribution in [2.24, 2.45) is 0 Å². The van der Waals surface area contributed by atoms with Gasteiger partial charge in [-0.05, 0) is 0 Å². The van der Waals surface area contributed by atoms with Crippen molar-refractivity contribution in [1.82, 2.24) is 0 Å². The van der Waals surface area contributed by atoms with E-state index in [0.717, 1.165) is 0 Å². The summed E-state index contributed by atoms with van der Waals surface area (Å²) in [6.45, 7) is -2.13. The fraction of sp³-hybridized carbons (Fsp3) is 1.00. The first-order chi connectivity index (χ1) is 10.8. The van der Waals surface area contributed by atoms with Crippen LogP contribution >= 0.6 is 0 Å². The first-order valence-electron chi connectivity index (χ1n) is 7.04. The highest BCUT2D eigenvalue weighted by molar-refractivity contribution is 4.95. The second-order valence-electron chi connectivity index (χ2n) is 5.60. The smallest absolute Gasteiger partial charge is 0.223 e. The van der Waals surface area contributed by atoms with E-state index >= 15 is 0 Å². The zero-order valence-electron chi connectivity index (χ0n) is 12.0. The van der Waals surface area contributed by atoms with Crippen LogP contribution in [-0.2, 0) is 14.2 Å². The van der Waals surface area contributed by atoms with Gasteiger partial charge in [-0.1, -0.05) is 0 Å². The van der Waals surface area contributed by atoms with Gasteiger partial charge in [-0.15, -0.1) is 0 Å². The van der Waals surface area contributed by atoms with Crippen LogP contribution in [-0.4, -0.2) is 115 Å². The zero-order chi connectivity index (χ0) is 17.4. The summed E-state index contributed by atoms with van der Waals surface area (Å²) >= 11 is 0. The molecule has 0 spiro atoms. The van der Waals surface area contributed by atoms with Gasteiger partial charge >= 0.3 is 0 Å². The molecular formula is C12H22O11. The average molecular weight is 342 g/mol. The van der Waals surface area contributed by atoms with E-state index in [4.69, 9.17) is 19.3 Å². The van der Waals surface area contributed by atoms with Crippen molar-refractivity contribution in [3.8, 4) is 0 Å². The van der Waals surface area contributed by atoms with E-state index < -0.39 is 74.6 Å². The molecule has 2 saturated heterocycles. The van der Waals surface area contributed by atoms with E-state index in [9.17, 15) is 35.7 Å². The number of rotatable bonds is 4. The molecule has 2 aliphatic rings. The minimum atomic E-state index is -2.23. The second kappa shape index (κ2) is 7.21. The molecule has 0 unspecified atom stereocenters. The Morgan fingerprint density at radius 3 is 2.13 bits per heavy atom. The molecule has 2 rings (SSSR count). The number of ether oxygens (including phenoxy) is 3. The third-order valence-corrected chi connectivity index (χ3v) is 4.05. The lowest BCUT2D eigenvalue weighted by molar-refractivity contribution is -0.415. The summed E-state index contributed by atoms with van der Waals surface area (Å²) in [7, 11) is 0. The Morgan fingerprint density at radius 2 is 1.57 bits per heavy atom. The molecule has 0 aromatic carbocycles. The van der Waals surface area contributed by atoms with Crippen molar-refractivity contribution in [1.29, 1.82) is 0 Å². The second-order valence-corrected chi connectivity index (χ2v) is 5.60. The molecule has 0 bridgehead atoms. The highest BCUT2D eigenvalue weighted by Gasteiger charge is 2.55. The molecule has 9 atom stereocenters. The van der Waals surface area contributed by atoms with Crippen molar-refractivity contribution in [2.75, 3.05) is 19.8 Å².